The number of carbonyl (C=O) groups excluding carboxylic acids is 3. The maximum atomic E-state index is 11.8. The van der Waals surface area contributed by atoms with Gasteiger partial charge in [0.1, 0.15) is 6.10 Å². The molecule has 7 nitrogen and oxygen atoms in total. The number of unbranched alkanes of at least 4 members (excludes halogenated alkanes) is 2. The van der Waals surface area contributed by atoms with Gasteiger partial charge in [-0.1, -0.05) is 19.9 Å². The molecule has 0 aromatic carbocycles. The van der Waals surface area contributed by atoms with Gasteiger partial charge in [-0.15, -0.1) is 0 Å². The van der Waals surface area contributed by atoms with Crippen LogP contribution in [-0.4, -0.2) is 43.5 Å². The lowest BCUT2D eigenvalue weighted by Gasteiger charge is -2.28. The van der Waals surface area contributed by atoms with E-state index < -0.39 is 12.3 Å². The molecule has 1 heterocycles. The molecule has 1 fully saturated rings. The summed E-state index contributed by atoms with van der Waals surface area (Å²) >= 11 is 0. The summed E-state index contributed by atoms with van der Waals surface area (Å²) in [6.45, 7) is 5.95. The Kier molecular flexibility index (Phi) is 10.6. The third-order valence-electron chi connectivity index (χ3n) is 3.68. The number of hydrogen-bond acceptors (Lipinski definition) is 7. The van der Waals surface area contributed by atoms with Crippen molar-refractivity contribution in [1.29, 1.82) is 0 Å². The SMILES string of the molecule is C=CC(=O)OCCCCC(=O)OC1CC(OC(=O)CCCC)CCO1. The first kappa shape index (κ1) is 21.2. The van der Waals surface area contributed by atoms with Crippen molar-refractivity contribution in [2.45, 2.75) is 70.7 Å². The molecule has 0 aromatic rings. The smallest absolute Gasteiger partial charge is 0.330 e. The van der Waals surface area contributed by atoms with Gasteiger partial charge in [-0.05, 0) is 19.3 Å². The van der Waals surface area contributed by atoms with Crippen molar-refractivity contribution in [3.05, 3.63) is 12.7 Å². The summed E-state index contributed by atoms with van der Waals surface area (Å²) in [7, 11) is 0. The highest BCUT2D eigenvalue weighted by atomic mass is 16.7. The lowest BCUT2D eigenvalue weighted by Crippen LogP contribution is -2.35. The summed E-state index contributed by atoms with van der Waals surface area (Å²) in [6, 6.07) is 0. The van der Waals surface area contributed by atoms with E-state index in [2.05, 4.69) is 6.58 Å². The Labute approximate surface area is 148 Å². The van der Waals surface area contributed by atoms with E-state index in [-0.39, 0.29) is 31.1 Å². The Morgan fingerprint density at radius 1 is 1.12 bits per heavy atom. The minimum Gasteiger partial charge on any atom is -0.463 e. The predicted octanol–water partition coefficient (Wildman–Crippen LogP) is 2.67. The van der Waals surface area contributed by atoms with Gasteiger partial charge >= 0.3 is 17.9 Å². The third kappa shape index (κ3) is 9.86. The van der Waals surface area contributed by atoms with E-state index in [1.165, 1.54) is 0 Å². The second-order valence-electron chi connectivity index (χ2n) is 5.86. The highest BCUT2D eigenvalue weighted by Crippen LogP contribution is 2.19. The van der Waals surface area contributed by atoms with Crippen LogP contribution in [0.1, 0.15) is 58.3 Å². The molecule has 0 amide bonds. The monoisotopic (exact) mass is 356 g/mol. The van der Waals surface area contributed by atoms with Crippen LogP contribution in [-0.2, 0) is 33.3 Å². The summed E-state index contributed by atoms with van der Waals surface area (Å²) in [4.78, 5) is 34.3. The summed E-state index contributed by atoms with van der Waals surface area (Å²) < 4.78 is 20.9. The third-order valence-corrected chi connectivity index (χ3v) is 3.68. The van der Waals surface area contributed by atoms with Crippen molar-refractivity contribution in [1.82, 2.24) is 0 Å². The van der Waals surface area contributed by atoms with Crippen LogP contribution < -0.4 is 0 Å². The van der Waals surface area contributed by atoms with E-state index in [0.717, 1.165) is 18.9 Å². The first-order chi connectivity index (χ1) is 12.0. The fraction of sp³-hybridized carbons (Fsp3) is 0.722. The zero-order valence-corrected chi connectivity index (χ0v) is 14.9. The molecule has 0 spiro atoms. The Bertz CT molecular complexity index is 447. The molecule has 25 heavy (non-hydrogen) atoms. The van der Waals surface area contributed by atoms with E-state index in [4.69, 9.17) is 18.9 Å². The van der Waals surface area contributed by atoms with Crippen LogP contribution in [0, 0.1) is 0 Å². The Morgan fingerprint density at radius 3 is 2.56 bits per heavy atom. The van der Waals surface area contributed by atoms with Crippen molar-refractivity contribution in [2.24, 2.45) is 0 Å². The van der Waals surface area contributed by atoms with Crippen LogP contribution >= 0.6 is 0 Å². The maximum Gasteiger partial charge on any atom is 0.330 e. The van der Waals surface area contributed by atoms with Crippen LogP contribution in [0.4, 0.5) is 0 Å². The molecular weight excluding hydrogens is 328 g/mol. The minimum atomic E-state index is -0.677. The molecule has 0 aromatic heterocycles. The lowest BCUT2D eigenvalue weighted by atomic mass is 10.1. The van der Waals surface area contributed by atoms with Gasteiger partial charge < -0.3 is 18.9 Å². The van der Waals surface area contributed by atoms with Crippen molar-refractivity contribution >= 4 is 17.9 Å². The first-order valence-corrected chi connectivity index (χ1v) is 8.85. The van der Waals surface area contributed by atoms with Crippen molar-refractivity contribution in [3.63, 3.8) is 0 Å². The number of esters is 3. The van der Waals surface area contributed by atoms with Crippen LogP contribution in [0.2, 0.25) is 0 Å². The average molecular weight is 356 g/mol. The average Bonchev–Trinajstić information content (AvgIpc) is 2.59. The van der Waals surface area contributed by atoms with Crippen LogP contribution in [0.25, 0.3) is 0 Å². The Morgan fingerprint density at radius 2 is 1.84 bits per heavy atom. The summed E-state index contributed by atoms with van der Waals surface area (Å²) in [5.41, 5.74) is 0. The maximum absolute atomic E-state index is 11.8. The van der Waals surface area contributed by atoms with Crippen LogP contribution in [0.15, 0.2) is 12.7 Å². The molecule has 7 heteroatoms. The zero-order valence-electron chi connectivity index (χ0n) is 14.9. The lowest BCUT2D eigenvalue weighted by molar-refractivity contribution is -0.202. The van der Waals surface area contributed by atoms with Crippen molar-refractivity contribution in [2.75, 3.05) is 13.2 Å². The standard InChI is InChI=1S/C18H28O7/c1-3-5-8-16(20)24-14-10-12-23-18(13-14)25-17(21)9-6-7-11-22-15(19)4-2/h4,14,18H,2-3,5-13H2,1H3. The molecule has 142 valence electrons. The molecule has 2 atom stereocenters. The van der Waals surface area contributed by atoms with Crippen molar-refractivity contribution in [3.8, 4) is 0 Å². The normalized spacial score (nSPS) is 19.7. The highest BCUT2D eigenvalue weighted by Gasteiger charge is 2.27. The number of hydrogen-bond donors (Lipinski definition) is 0. The molecular formula is C18H28O7. The van der Waals surface area contributed by atoms with Gasteiger partial charge in [-0.3, -0.25) is 9.59 Å². The summed E-state index contributed by atoms with van der Waals surface area (Å²) in [6.07, 6.45) is 4.61. The molecule has 0 N–H and O–H groups in total. The second kappa shape index (κ2) is 12.5. The van der Waals surface area contributed by atoms with Gasteiger partial charge in [0, 0.05) is 31.8 Å². The Hall–Kier alpha value is -1.89. The second-order valence-corrected chi connectivity index (χ2v) is 5.86. The number of carbonyl (C=O) groups is 3. The van der Waals surface area contributed by atoms with Gasteiger partial charge in [0.2, 0.25) is 6.29 Å². The summed E-state index contributed by atoms with van der Waals surface area (Å²) in [5, 5.41) is 0. The van der Waals surface area contributed by atoms with E-state index in [0.29, 0.717) is 38.7 Å². The van der Waals surface area contributed by atoms with E-state index in [9.17, 15) is 14.4 Å². The predicted molar refractivity (Wildman–Crippen MR) is 89.5 cm³/mol. The molecule has 0 saturated carbocycles. The fourth-order valence-corrected chi connectivity index (χ4v) is 2.30. The van der Waals surface area contributed by atoms with Gasteiger partial charge in [0.15, 0.2) is 0 Å². The van der Waals surface area contributed by atoms with E-state index in [1.54, 1.807) is 0 Å². The summed E-state index contributed by atoms with van der Waals surface area (Å²) in [5.74, 6) is -1.07. The molecule has 1 aliphatic heterocycles. The number of ether oxygens (including phenoxy) is 4. The van der Waals surface area contributed by atoms with E-state index >= 15 is 0 Å². The van der Waals surface area contributed by atoms with Gasteiger partial charge in [0.05, 0.1) is 13.2 Å². The fourth-order valence-electron chi connectivity index (χ4n) is 2.30. The molecule has 0 radical (unpaired) electrons. The number of rotatable bonds is 11. The quantitative estimate of drug-likeness (QED) is 0.243. The molecule has 2 unspecified atom stereocenters. The van der Waals surface area contributed by atoms with Crippen LogP contribution in [0.5, 0.6) is 0 Å². The minimum absolute atomic E-state index is 0.215. The zero-order chi connectivity index (χ0) is 18.5. The molecule has 0 aliphatic carbocycles. The van der Waals surface area contributed by atoms with Gasteiger partial charge in [0.25, 0.3) is 0 Å². The first-order valence-electron chi connectivity index (χ1n) is 8.85. The largest absolute Gasteiger partial charge is 0.463 e. The molecule has 0 bridgehead atoms. The van der Waals surface area contributed by atoms with E-state index in [1.807, 2.05) is 6.92 Å². The van der Waals surface area contributed by atoms with Crippen LogP contribution in [0.3, 0.4) is 0 Å². The van der Waals surface area contributed by atoms with Gasteiger partial charge in [-0.25, -0.2) is 4.79 Å². The molecule has 1 saturated heterocycles. The molecule has 1 rings (SSSR count). The van der Waals surface area contributed by atoms with Crippen molar-refractivity contribution < 1.29 is 33.3 Å². The molecule has 1 aliphatic rings. The Balaban J connectivity index is 2.18. The topological polar surface area (TPSA) is 88.1 Å². The van der Waals surface area contributed by atoms with Gasteiger partial charge in [-0.2, -0.15) is 0 Å². The highest BCUT2D eigenvalue weighted by molar-refractivity contribution is 5.81.